The highest BCUT2D eigenvalue weighted by molar-refractivity contribution is 7.89. The average Bonchev–Trinajstić information content (AvgIpc) is 2.77. The third kappa shape index (κ3) is 5.93. The molecule has 2 amide bonds. The predicted molar refractivity (Wildman–Crippen MR) is 122 cm³/mol. The highest BCUT2D eigenvalue weighted by Crippen LogP contribution is 2.18. The first kappa shape index (κ1) is 25.0. The Balaban J connectivity index is 2.23. The lowest BCUT2D eigenvalue weighted by Crippen LogP contribution is -2.47. The molecule has 1 atom stereocenters. The van der Waals surface area contributed by atoms with Crippen LogP contribution in [0.25, 0.3) is 0 Å². The Labute approximate surface area is 189 Å². The molecule has 0 heterocycles. The molecule has 32 heavy (non-hydrogen) atoms. The van der Waals surface area contributed by atoms with E-state index in [1.807, 2.05) is 6.07 Å². The van der Waals surface area contributed by atoms with Crippen LogP contribution in [0.2, 0.25) is 0 Å². The highest BCUT2D eigenvalue weighted by atomic mass is 32.2. The first-order valence-corrected chi connectivity index (χ1v) is 11.8. The molecule has 2 aromatic rings. The maximum absolute atomic E-state index is 12.9. The van der Waals surface area contributed by atoms with E-state index < -0.39 is 27.9 Å². The second-order valence-electron chi connectivity index (χ2n) is 7.49. The summed E-state index contributed by atoms with van der Waals surface area (Å²) in [4.78, 5) is 25.7. The van der Waals surface area contributed by atoms with Gasteiger partial charge in [-0.05, 0) is 42.3 Å². The van der Waals surface area contributed by atoms with Crippen LogP contribution >= 0.6 is 0 Å². The molecule has 0 aromatic heterocycles. The molecule has 0 bridgehead atoms. The first-order valence-electron chi connectivity index (χ1n) is 10.4. The molecular weight excluding hydrogens is 428 g/mol. The number of sulfonamides is 1. The lowest BCUT2D eigenvalue weighted by atomic mass is 10.0. The summed E-state index contributed by atoms with van der Waals surface area (Å²) in [5, 5.41) is 14.4. The minimum Gasteiger partial charge on any atom is -0.340 e. The van der Waals surface area contributed by atoms with E-state index in [1.165, 1.54) is 28.6 Å². The Hall–Kier alpha value is -3.22. The summed E-state index contributed by atoms with van der Waals surface area (Å²) in [5.41, 5.74) is 0.989. The molecule has 2 rings (SSSR count). The minimum atomic E-state index is -3.72. The Morgan fingerprint density at radius 1 is 1.06 bits per heavy atom. The van der Waals surface area contributed by atoms with E-state index in [1.54, 1.807) is 52.0 Å². The molecule has 0 saturated carbocycles. The highest BCUT2D eigenvalue weighted by Gasteiger charge is 2.26. The van der Waals surface area contributed by atoms with Gasteiger partial charge in [0.05, 0.1) is 16.5 Å². The van der Waals surface area contributed by atoms with Gasteiger partial charge in [0.1, 0.15) is 6.04 Å². The summed E-state index contributed by atoms with van der Waals surface area (Å²) in [6, 6.07) is 13.4. The van der Waals surface area contributed by atoms with E-state index in [0.29, 0.717) is 24.3 Å². The van der Waals surface area contributed by atoms with E-state index in [0.717, 1.165) is 0 Å². The number of nitrogens with zero attached hydrogens (tertiary/aromatic N) is 2. The van der Waals surface area contributed by atoms with Crippen LogP contribution in [0.15, 0.2) is 53.4 Å². The van der Waals surface area contributed by atoms with Crippen molar-refractivity contribution >= 4 is 27.5 Å². The maximum atomic E-state index is 12.9. The van der Waals surface area contributed by atoms with Crippen LogP contribution in [0.5, 0.6) is 0 Å². The zero-order valence-corrected chi connectivity index (χ0v) is 19.4. The quantitative estimate of drug-likeness (QED) is 0.601. The molecule has 0 radical (unpaired) electrons. The summed E-state index contributed by atoms with van der Waals surface area (Å²) < 4.78 is 26.9. The molecule has 170 valence electrons. The van der Waals surface area contributed by atoms with Crippen molar-refractivity contribution in [3.63, 3.8) is 0 Å². The number of amides is 2. The molecule has 8 nitrogen and oxygen atoms in total. The number of hydrogen-bond donors (Lipinski definition) is 2. The largest absolute Gasteiger partial charge is 0.340 e. The normalized spacial score (nSPS) is 12.3. The number of hydrogen-bond acceptors (Lipinski definition) is 5. The number of nitrogens with one attached hydrogen (secondary N) is 2. The molecule has 0 saturated heterocycles. The Morgan fingerprint density at radius 2 is 1.72 bits per heavy atom. The Morgan fingerprint density at radius 3 is 2.31 bits per heavy atom. The number of carbonyl (C=O) groups is 2. The van der Waals surface area contributed by atoms with E-state index in [4.69, 9.17) is 5.26 Å². The van der Waals surface area contributed by atoms with Gasteiger partial charge in [-0.25, -0.2) is 8.42 Å². The SMILES string of the molecule is CCN(CC)S(=O)(=O)c1cccc(C(=O)N[C@H](C(=O)Nc2cccc(C#N)c2)C(C)C)c1. The van der Waals surface area contributed by atoms with Crippen molar-refractivity contribution in [3.05, 3.63) is 59.7 Å². The van der Waals surface area contributed by atoms with E-state index in [-0.39, 0.29) is 16.4 Å². The van der Waals surface area contributed by atoms with Gasteiger partial charge in [0.2, 0.25) is 15.9 Å². The fourth-order valence-corrected chi connectivity index (χ4v) is 4.66. The number of nitriles is 1. The van der Waals surface area contributed by atoms with Gasteiger partial charge in [0.25, 0.3) is 5.91 Å². The van der Waals surface area contributed by atoms with Crippen LogP contribution in [0, 0.1) is 17.2 Å². The number of anilines is 1. The van der Waals surface area contributed by atoms with Crippen molar-refractivity contribution in [2.75, 3.05) is 18.4 Å². The fraction of sp³-hybridized carbons (Fsp3) is 0.348. The summed E-state index contributed by atoms with van der Waals surface area (Å²) >= 11 is 0. The fourth-order valence-electron chi connectivity index (χ4n) is 3.16. The number of rotatable bonds is 9. The van der Waals surface area contributed by atoms with Gasteiger partial charge < -0.3 is 10.6 Å². The number of carbonyl (C=O) groups excluding carboxylic acids is 2. The van der Waals surface area contributed by atoms with Crippen LogP contribution in [-0.2, 0) is 14.8 Å². The van der Waals surface area contributed by atoms with Crippen LogP contribution in [0.4, 0.5) is 5.69 Å². The molecular formula is C23H28N4O4S. The van der Waals surface area contributed by atoms with Crippen LogP contribution < -0.4 is 10.6 Å². The summed E-state index contributed by atoms with van der Waals surface area (Å²) in [6.07, 6.45) is 0. The molecule has 0 spiro atoms. The van der Waals surface area contributed by atoms with Gasteiger partial charge in [-0.1, -0.05) is 39.8 Å². The molecule has 9 heteroatoms. The van der Waals surface area contributed by atoms with Gasteiger partial charge in [-0.3, -0.25) is 9.59 Å². The van der Waals surface area contributed by atoms with Crippen molar-refractivity contribution in [3.8, 4) is 6.07 Å². The van der Waals surface area contributed by atoms with Crippen LogP contribution in [-0.4, -0.2) is 43.7 Å². The monoisotopic (exact) mass is 456 g/mol. The average molecular weight is 457 g/mol. The van der Waals surface area contributed by atoms with Crippen molar-refractivity contribution in [1.29, 1.82) is 5.26 Å². The van der Waals surface area contributed by atoms with Gasteiger partial charge in [0, 0.05) is 24.3 Å². The maximum Gasteiger partial charge on any atom is 0.251 e. The zero-order valence-electron chi connectivity index (χ0n) is 18.6. The topological polar surface area (TPSA) is 119 Å². The van der Waals surface area contributed by atoms with Crippen molar-refractivity contribution in [2.24, 2.45) is 5.92 Å². The van der Waals surface area contributed by atoms with Crippen molar-refractivity contribution in [1.82, 2.24) is 9.62 Å². The minimum absolute atomic E-state index is 0.0210. The van der Waals surface area contributed by atoms with E-state index >= 15 is 0 Å². The lowest BCUT2D eigenvalue weighted by molar-refractivity contribution is -0.118. The molecule has 0 fully saturated rings. The standard InChI is InChI=1S/C23H28N4O4S/c1-5-27(6-2)32(30,31)20-12-8-10-18(14-20)22(28)26-21(16(3)4)23(29)25-19-11-7-9-17(13-19)15-24/h7-14,16,21H,5-6H2,1-4H3,(H,25,29)(H,26,28)/t21-/m0/s1. The molecule has 0 unspecified atom stereocenters. The zero-order chi connectivity index (χ0) is 23.9. The summed E-state index contributed by atoms with van der Waals surface area (Å²) in [7, 11) is -3.72. The molecule has 0 aliphatic heterocycles. The van der Waals surface area contributed by atoms with Gasteiger partial charge in [-0.2, -0.15) is 9.57 Å². The second-order valence-corrected chi connectivity index (χ2v) is 9.43. The lowest BCUT2D eigenvalue weighted by Gasteiger charge is -2.22. The molecule has 0 aliphatic rings. The summed E-state index contributed by atoms with van der Waals surface area (Å²) in [6.45, 7) is 7.70. The number of benzene rings is 2. The van der Waals surface area contributed by atoms with Gasteiger partial charge >= 0.3 is 0 Å². The van der Waals surface area contributed by atoms with Crippen molar-refractivity contribution in [2.45, 2.75) is 38.6 Å². The van der Waals surface area contributed by atoms with Gasteiger partial charge in [0.15, 0.2) is 0 Å². The molecule has 2 N–H and O–H groups in total. The van der Waals surface area contributed by atoms with Crippen LogP contribution in [0.1, 0.15) is 43.6 Å². The van der Waals surface area contributed by atoms with Crippen molar-refractivity contribution < 1.29 is 18.0 Å². The first-order chi connectivity index (χ1) is 15.1. The second kappa shape index (κ2) is 10.9. The van der Waals surface area contributed by atoms with Crippen LogP contribution in [0.3, 0.4) is 0 Å². The molecule has 2 aromatic carbocycles. The predicted octanol–water partition coefficient (Wildman–Crippen LogP) is 2.98. The van der Waals surface area contributed by atoms with Gasteiger partial charge in [-0.15, -0.1) is 0 Å². The Kier molecular flexibility index (Phi) is 8.52. The Bertz CT molecular complexity index is 1120. The summed E-state index contributed by atoms with van der Waals surface area (Å²) in [5.74, 6) is -1.22. The van der Waals surface area contributed by atoms with E-state index in [2.05, 4.69) is 10.6 Å². The smallest absolute Gasteiger partial charge is 0.251 e. The molecule has 0 aliphatic carbocycles. The third-order valence-corrected chi connectivity index (χ3v) is 6.98. The third-order valence-electron chi connectivity index (χ3n) is 4.93. The van der Waals surface area contributed by atoms with E-state index in [9.17, 15) is 18.0 Å².